The number of rotatable bonds is 5. The van der Waals surface area contributed by atoms with E-state index in [9.17, 15) is 9.59 Å². The molecule has 0 aliphatic carbocycles. The molecule has 2 aromatic carbocycles. The van der Waals surface area contributed by atoms with E-state index in [0.717, 1.165) is 16.9 Å². The van der Waals surface area contributed by atoms with Crippen molar-refractivity contribution >= 4 is 45.8 Å². The summed E-state index contributed by atoms with van der Waals surface area (Å²) in [5, 5.41) is 3.45. The molecule has 1 saturated heterocycles. The predicted octanol–water partition coefficient (Wildman–Crippen LogP) is 3.35. The summed E-state index contributed by atoms with van der Waals surface area (Å²) in [7, 11) is 1.61. The van der Waals surface area contributed by atoms with Crippen LogP contribution >= 0.6 is 11.6 Å². The second-order valence-corrected chi connectivity index (χ2v) is 7.16. The van der Waals surface area contributed by atoms with Crippen molar-refractivity contribution in [1.82, 2.24) is 9.97 Å². The number of carbonyl (C=O) groups is 2. The smallest absolute Gasteiger partial charge is 0.229 e. The highest BCUT2D eigenvalue weighted by atomic mass is 35.5. The Bertz CT molecular complexity index is 1050. The van der Waals surface area contributed by atoms with Crippen molar-refractivity contribution in [3.05, 3.63) is 53.3 Å². The Morgan fingerprint density at radius 3 is 3.00 bits per heavy atom. The Balaban J connectivity index is 1.46. The van der Waals surface area contributed by atoms with Gasteiger partial charge in [-0.1, -0.05) is 17.7 Å². The molecule has 1 unspecified atom stereocenters. The van der Waals surface area contributed by atoms with Crippen molar-refractivity contribution < 1.29 is 14.3 Å². The predicted molar refractivity (Wildman–Crippen MR) is 107 cm³/mol. The van der Waals surface area contributed by atoms with Gasteiger partial charge in [-0.3, -0.25) is 9.59 Å². The Morgan fingerprint density at radius 1 is 1.36 bits per heavy atom. The molecule has 1 atom stereocenters. The molecule has 1 aliphatic heterocycles. The summed E-state index contributed by atoms with van der Waals surface area (Å²) >= 11 is 6.01. The molecule has 1 fully saturated rings. The van der Waals surface area contributed by atoms with Crippen LogP contribution < -0.4 is 10.2 Å². The Morgan fingerprint density at radius 2 is 2.21 bits per heavy atom. The fourth-order valence-electron chi connectivity index (χ4n) is 3.37. The Hall–Kier alpha value is -2.90. The van der Waals surface area contributed by atoms with Gasteiger partial charge < -0.3 is 19.9 Å². The second kappa shape index (κ2) is 7.61. The first-order chi connectivity index (χ1) is 13.5. The Labute approximate surface area is 166 Å². The number of ether oxygens (including phenoxy) is 1. The molecule has 1 aliphatic rings. The minimum Gasteiger partial charge on any atom is -0.377 e. The molecule has 1 aromatic heterocycles. The molecule has 3 aromatic rings. The van der Waals surface area contributed by atoms with Crippen molar-refractivity contribution in [2.24, 2.45) is 5.92 Å². The topological polar surface area (TPSA) is 87.3 Å². The van der Waals surface area contributed by atoms with Gasteiger partial charge in [-0.15, -0.1) is 0 Å². The molecular weight excluding hydrogens is 380 g/mol. The van der Waals surface area contributed by atoms with Gasteiger partial charge in [0.05, 0.1) is 17.0 Å². The van der Waals surface area contributed by atoms with Crippen LogP contribution in [0.4, 0.5) is 11.4 Å². The van der Waals surface area contributed by atoms with E-state index in [1.54, 1.807) is 36.3 Å². The number of H-pyrrole nitrogens is 1. The maximum absolute atomic E-state index is 12.7. The van der Waals surface area contributed by atoms with Crippen LogP contribution in [0.5, 0.6) is 0 Å². The maximum Gasteiger partial charge on any atom is 0.229 e. The molecule has 144 valence electrons. The van der Waals surface area contributed by atoms with Gasteiger partial charge in [-0.2, -0.15) is 0 Å². The van der Waals surface area contributed by atoms with E-state index in [4.69, 9.17) is 16.3 Å². The minimum absolute atomic E-state index is 0.0874. The fraction of sp³-hybridized carbons (Fsp3) is 0.250. The SMILES string of the molecule is COCc1nc2ccc(NC(=O)C3CC(=O)N(c4cccc(Cl)c4)C3)cc2[nH]1. The molecule has 2 amide bonds. The zero-order valence-electron chi connectivity index (χ0n) is 15.2. The van der Waals surface area contributed by atoms with Crippen LogP contribution in [0.25, 0.3) is 11.0 Å². The van der Waals surface area contributed by atoms with Crippen molar-refractivity contribution in [2.45, 2.75) is 13.0 Å². The van der Waals surface area contributed by atoms with Crippen molar-refractivity contribution in [2.75, 3.05) is 23.9 Å². The maximum atomic E-state index is 12.7. The lowest BCUT2D eigenvalue weighted by Gasteiger charge is -2.17. The molecule has 0 spiro atoms. The molecule has 28 heavy (non-hydrogen) atoms. The number of methoxy groups -OCH3 is 1. The third-order valence-electron chi connectivity index (χ3n) is 4.70. The quantitative estimate of drug-likeness (QED) is 0.689. The number of fused-ring (bicyclic) bond motifs is 1. The van der Waals surface area contributed by atoms with Gasteiger partial charge in [0.1, 0.15) is 12.4 Å². The summed E-state index contributed by atoms with van der Waals surface area (Å²) in [5.74, 6) is 0.0250. The van der Waals surface area contributed by atoms with Crippen LogP contribution in [0, 0.1) is 5.92 Å². The average Bonchev–Trinajstić information content (AvgIpc) is 3.24. The highest BCUT2D eigenvalue weighted by molar-refractivity contribution is 6.31. The third-order valence-corrected chi connectivity index (χ3v) is 4.93. The number of benzene rings is 2. The number of carbonyl (C=O) groups excluding carboxylic acids is 2. The van der Waals surface area contributed by atoms with E-state index < -0.39 is 5.92 Å². The number of hydrogen-bond donors (Lipinski definition) is 2. The number of nitrogens with zero attached hydrogens (tertiary/aromatic N) is 2. The summed E-state index contributed by atoms with van der Waals surface area (Å²) in [6.07, 6.45) is 0.169. The monoisotopic (exact) mass is 398 g/mol. The molecule has 4 rings (SSSR count). The van der Waals surface area contributed by atoms with Gasteiger partial charge in [-0.25, -0.2) is 4.98 Å². The van der Waals surface area contributed by atoms with E-state index in [2.05, 4.69) is 15.3 Å². The molecule has 7 nitrogen and oxygen atoms in total. The summed E-state index contributed by atoms with van der Waals surface area (Å²) in [6.45, 7) is 0.717. The lowest BCUT2D eigenvalue weighted by atomic mass is 10.1. The normalized spacial score (nSPS) is 16.7. The number of imidazole rings is 1. The van der Waals surface area contributed by atoms with Crippen LogP contribution in [0.3, 0.4) is 0 Å². The summed E-state index contributed by atoms with van der Waals surface area (Å²) in [4.78, 5) is 34.2. The average molecular weight is 399 g/mol. The number of halogens is 1. The zero-order valence-corrected chi connectivity index (χ0v) is 16.0. The van der Waals surface area contributed by atoms with Crippen LogP contribution in [0.15, 0.2) is 42.5 Å². The van der Waals surface area contributed by atoms with Crippen LogP contribution in [0.1, 0.15) is 12.2 Å². The van der Waals surface area contributed by atoms with Crippen LogP contribution in [-0.4, -0.2) is 35.4 Å². The third kappa shape index (κ3) is 3.72. The molecule has 2 N–H and O–H groups in total. The molecule has 2 heterocycles. The van der Waals surface area contributed by atoms with Gasteiger partial charge >= 0.3 is 0 Å². The standard InChI is InChI=1S/C20H19ClN4O3/c1-28-11-18-23-16-6-5-14(9-17(16)24-18)22-20(27)12-7-19(26)25(10-12)15-4-2-3-13(21)8-15/h2-6,8-9,12H,7,10-11H2,1H3,(H,22,27)(H,23,24). The fourth-order valence-corrected chi connectivity index (χ4v) is 3.55. The number of aromatic amines is 1. The lowest BCUT2D eigenvalue weighted by Crippen LogP contribution is -2.28. The minimum atomic E-state index is -0.423. The summed E-state index contributed by atoms with van der Waals surface area (Å²) in [6, 6.07) is 12.5. The first-order valence-corrected chi connectivity index (χ1v) is 9.25. The summed E-state index contributed by atoms with van der Waals surface area (Å²) in [5.41, 5.74) is 2.97. The van der Waals surface area contributed by atoms with Gasteiger partial charge in [-0.05, 0) is 36.4 Å². The number of amides is 2. The molecule has 0 bridgehead atoms. The van der Waals surface area contributed by atoms with Gasteiger partial charge in [0.25, 0.3) is 0 Å². The van der Waals surface area contributed by atoms with Gasteiger partial charge in [0, 0.05) is 36.5 Å². The summed E-state index contributed by atoms with van der Waals surface area (Å²) < 4.78 is 5.08. The number of anilines is 2. The van der Waals surface area contributed by atoms with Crippen molar-refractivity contribution in [3.8, 4) is 0 Å². The highest BCUT2D eigenvalue weighted by Gasteiger charge is 2.35. The van der Waals surface area contributed by atoms with Crippen molar-refractivity contribution in [1.29, 1.82) is 0 Å². The second-order valence-electron chi connectivity index (χ2n) is 6.72. The number of hydrogen-bond acceptors (Lipinski definition) is 4. The highest BCUT2D eigenvalue weighted by Crippen LogP contribution is 2.28. The molecule has 0 saturated carbocycles. The Kier molecular flexibility index (Phi) is 5.02. The van der Waals surface area contributed by atoms with Gasteiger partial charge in [0.15, 0.2) is 0 Å². The number of aromatic nitrogens is 2. The van der Waals surface area contributed by atoms with E-state index in [-0.39, 0.29) is 18.2 Å². The molecular formula is C20H19ClN4O3. The largest absolute Gasteiger partial charge is 0.377 e. The molecule has 8 heteroatoms. The van der Waals surface area contributed by atoms with E-state index >= 15 is 0 Å². The van der Waals surface area contributed by atoms with Crippen LogP contribution in [-0.2, 0) is 20.9 Å². The van der Waals surface area contributed by atoms with Crippen molar-refractivity contribution in [3.63, 3.8) is 0 Å². The molecule has 0 radical (unpaired) electrons. The van der Waals surface area contributed by atoms with E-state index in [1.807, 2.05) is 18.2 Å². The zero-order chi connectivity index (χ0) is 19.7. The lowest BCUT2D eigenvalue weighted by molar-refractivity contribution is -0.122. The van der Waals surface area contributed by atoms with Crippen LogP contribution in [0.2, 0.25) is 5.02 Å². The van der Waals surface area contributed by atoms with E-state index in [0.29, 0.717) is 29.5 Å². The van der Waals surface area contributed by atoms with Gasteiger partial charge in [0.2, 0.25) is 11.8 Å². The number of nitrogens with one attached hydrogen (secondary N) is 2. The first kappa shape index (κ1) is 18.5. The first-order valence-electron chi connectivity index (χ1n) is 8.88. The van der Waals surface area contributed by atoms with E-state index in [1.165, 1.54) is 0 Å².